The first-order valence-electron chi connectivity index (χ1n) is 5.78. The smallest absolute Gasteiger partial charge is 0.173 e. The van der Waals surface area contributed by atoms with Gasteiger partial charge in [-0.15, -0.1) is 0 Å². The molecule has 0 radical (unpaired) electrons. The molecule has 2 heterocycles. The molecule has 6 heteroatoms. The van der Waals surface area contributed by atoms with E-state index in [9.17, 15) is 12.8 Å². The van der Waals surface area contributed by atoms with Crippen molar-refractivity contribution in [2.24, 2.45) is 0 Å². The molecule has 0 bridgehead atoms. The van der Waals surface area contributed by atoms with Crippen LogP contribution in [-0.4, -0.2) is 25.2 Å². The molecule has 98 valence electrons. The van der Waals surface area contributed by atoms with Gasteiger partial charge in [-0.2, -0.15) is 0 Å². The summed E-state index contributed by atoms with van der Waals surface area (Å²) in [5, 5.41) is 4.44. The van der Waals surface area contributed by atoms with Crippen molar-refractivity contribution in [3.8, 4) is 0 Å². The maximum absolute atomic E-state index is 12.8. The molecule has 0 aliphatic carbocycles. The van der Waals surface area contributed by atoms with E-state index in [1.807, 2.05) is 6.92 Å². The van der Waals surface area contributed by atoms with Crippen LogP contribution >= 0.6 is 0 Å². The minimum atomic E-state index is -3.06. The molecule has 0 spiro atoms. The Morgan fingerprint density at radius 3 is 2.83 bits per heavy atom. The number of rotatable bonds is 4. The molecule has 1 aliphatic rings. The first-order valence-corrected chi connectivity index (χ1v) is 7.50. The van der Waals surface area contributed by atoms with Crippen LogP contribution in [0.2, 0.25) is 0 Å². The van der Waals surface area contributed by atoms with Gasteiger partial charge in [-0.25, -0.2) is 12.8 Å². The summed E-state index contributed by atoms with van der Waals surface area (Å²) in [7, 11) is -3.06. The molecule has 0 amide bonds. The van der Waals surface area contributed by atoms with Gasteiger partial charge in [0.05, 0.1) is 17.6 Å². The van der Waals surface area contributed by atoms with Crippen molar-refractivity contribution < 1.29 is 12.8 Å². The lowest BCUT2D eigenvalue weighted by molar-refractivity contribution is 0.479. The standard InChI is InChI=1S/C12H15FN2O2S/c1-2-11(12-4-3-9(13)7-14-12)15-10-5-6-18(16,17)8-10/h3-7,10-11,15H,2,8H2,1H3. The maximum Gasteiger partial charge on any atom is 0.173 e. The topological polar surface area (TPSA) is 59.1 Å². The molecule has 0 saturated carbocycles. The van der Waals surface area contributed by atoms with Gasteiger partial charge in [0.1, 0.15) is 5.82 Å². The van der Waals surface area contributed by atoms with Crippen molar-refractivity contribution in [3.05, 3.63) is 41.3 Å². The largest absolute Gasteiger partial charge is 0.301 e. The highest BCUT2D eigenvalue weighted by Crippen LogP contribution is 2.18. The fraction of sp³-hybridized carbons (Fsp3) is 0.417. The van der Waals surface area contributed by atoms with Crippen LogP contribution in [0.4, 0.5) is 4.39 Å². The molecule has 2 rings (SSSR count). The van der Waals surface area contributed by atoms with Crippen molar-refractivity contribution in [3.63, 3.8) is 0 Å². The predicted octanol–water partition coefficient (Wildman–Crippen LogP) is 1.57. The third-order valence-electron chi connectivity index (χ3n) is 2.86. The maximum atomic E-state index is 12.8. The van der Waals surface area contributed by atoms with Crippen molar-refractivity contribution in [1.82, 2.24) is 10.3 Å². The molecule has 1 aliphatic heterocycles. The Bertz CT molecular complexity index is 540. The van der Waals surface area contributed by atoms with Gasteiger partial charge < -0.3 is 5.32 Å². The monoisotopic (exact) mass is 270 g/mol. The molecular weight excluding hydrogens is 255 g/mol. The normalized spacial score (nSPS) is 23.1. The van der Waals surface area contributed by atoms with Gasteiger partial charge in [0.25, 0.3) is 0 Å². The van der Waals surface area contributed by atoms with Crippen molar-refractivity contribution in [1.29, 1.82) is 0 Å². The third kappa shape index (κ3) is 3.14. The van der Waals surface area contributed by atoms with Gasteiger partial charge in [-0.05, 0) is 18.6 Å². The summed E-state index contributed by atoms with van der Waals surface area (Å²) >= 11 is 0. The number of nitrogens with zero attached hydrogens (tertiary/aromatic N) is 1. The Kier molecular flexibility index (Phi) is 3.77. The van der Waals surface area contributed by atoms with Crippen LogP contribution in [-0.2, 0) is 9.84 Å². The van der Waals surface area contributed by atoms with Crippen LogP contribution in [0.15, 0.2) is 29.8 Å². The molecule has 18 heavy (non-hydrogen) atoms. The van der Waals surface area contributed by atoms with Gasteiger partial charge in [-0.3, -0.25) is 4.98 Å². The molecular formula is C12H15FN2O2S. The second-order valence-electron chi connectivity index (χ2n) is 4.29. The summed E-state index contributed by atoms with van der Waals surface area (Å²) in [5.41, 5.74) is 0.719. The van der Waals surface area contributed by atoms with E-state index in [4.69, 9.17) is 0 Å². The molecule has 0 saturated heterocycles. The van der Waals surface area contributed by atoms with Gasteiger partial charge in [0, 0.05) is 17.5 Å². The average Bonchev–Trinajstić information content (AvgIpc) is 2.67. The lowest BCUT2D eigenvalue weighted by atomic mass is 10.1. The Morgan fingerprint density at radius 2 is 2.33 bits per heavy atom. The van der Waals surface area contributed by atoms with Gasteiger partial charge in [0.2, 0.25) is 0 Å². The van der Waals surface area contributed by atoms with E-state index in [1.54, 1.807) is 12.1 Å². The van der Waals surface area contributed by atoms with E-state index < -0.39 is 9.84 Å². The van der Waals surface area contributed by atoms with Crippen LogP contribution in [0.1, 0.15) is 25.1 Å². The average molecular weight is 270 g/mol. The zero-order chi connectivity index (χ0) is 13.2. The quantitative estimate of drug-likeness (QED) is 0.902. The second-order valence-corrected chi connectivity index (χ2v) is 6.22. The highest BCUT2D eigenvalue weighted by Gasteiger charge is 2.24. The van der Waals surface area contributed by atoms with Gasteiger partial charge in [0.15, 0.2) is 9.84 Å². The van der Waals surface area contributed by atoms with Crippen LogP contribution < -0.4 is 5.32 Å². The highest BCUT2D eigenvalue weighted by molar-refractivity contribution is 7.94. The van der Waals surface area contributed by atoms with Crippen molar-refractivity contribution >= 4 is 9.84 Å². The summed E-state index contributed by atoms with van der Waals surface area (Å²) in [6.45, 7) is 1.97. The molecule has 0 aromatic carbocycles. The second kappa shape index (κ2) is 5.16. The Hall–Kier alpha value is -1.27. The highest BCUT2D eigenvalue weighted by atomic mass is 32.2. The molecule has 2 atom stereocenters. The van der Waals surface area contributed by atoms with Crippen molar-refractivity contribution in [2.45, 2.75) is 25.4 Å². The first kappa shape index (κ1) is 13.2. The number of nitrogens with one attached hydrogen (secondary N) is 1. The van der Waals surface area contributed by atoms with E-state index in [0.29, 0.717) is 0 Å². The number of hydrogen-bond acceptors (Lipinski definition) is 4. The number of pyridine rings is 1. The fourth-order valence-electron chi connectivity index (χ4n) is 1.94. The van der Waals surface area contributed by atoms with E-state index in [1.165, 1.54) is 17.7 Å². The van der Waals surface area contributed by atoms with Crippen LogP contribution in [0.3, 0.4) is 0 Å². The fourth-order valence-corrected chi connectivity index (χ4v) is 3.19. The summed E-state index contributed by atoms with van der Waals surface area (Å²) in [5.74, 6) is -0.304. The minimum absolute atomic E-state index is 0.0741. The molecule has 1 aromatic rings. The summed E-state index contributed by atoms with van der Waals surface area (Å²) in [6.07, 6.45) is 3.56. The molecule has 1 N–H and O–H groups in total. The first-order chi connectivity index (χ1) is 8.50. The molecule has 4 nitrogen and oxygen atoms in total. The Morgan fingerprint density at radius 1 is 1.56 bits per heavy atom. The zero-order valence-corrected chi connectivity index (χ0v) is 10.8. The molecule has 0 fully saturated rings. The van der Waals surface area contributed by atoms with Crippen LogP contribution in [0.25, 0.3) is 0 Å². The zero-order valence-electron chi connectivity index (χ0n) is 10.0. The van der Waals surface area contributed by atoms with Crippen LogP contribution in [0.5, 0.6) is 0 Å². The molecule has 1 aromatic heterocycles. The number of hydrogen-bond donors (Lipinski definition) is 1. The third-order valence-corrected chi connectivity index (χ3v) is 4.26. The number of aromatic nitrogens is 1. The van der Waals surface area contributed by atoms with Crippen molar-refractivity contribution in [2.75, 3.05) is 5.75 Å². The van der Waals surface area contributed by atoms with Gasteiger partial charge in [-0.1, -0.05) is 13.0 Å². The van der Waals surface area contributed by atoms with Crippen LogP contribution in [0, 0.1) is 5.82 Å². The van der Waals surface area contributed by atoms with E-state index in [0.717, 1.165) is 12.1 Å². The van der Waals surface area contributed by atoms with Gasteiger partial charge >= 0.3 is 0 Å². The van der Waals surface area contributed by atoms with E-state index in [2.05, 4.69) is 10.3 Å². The Labute approximate surface area is 106 Å². The lowest BCUT2D eigenvalue weighted by Gasteiger charge is -2.19. The summed E-state index contributed by atoms with van der Waals surface area (Å²) in [6, 6.07) is 2.69. The lowest BCUT2D eigenvalue weighted by Crippen LogP contribution is -2.33. The number of halogens is 1. The number of sulfone groups is 1. The predicted molar refractivity (Wildman–Crippen MR) is 67.1 cm³/mol. The summed E-state index contributed by atoms with van der Waals surface area (Å²) in [4.78, 5) is 4.02. The van der Waals surface area contributed by atoms with E-state index >= 15 is 0 Å². The molecule has 2 unspecified atom stereocenters. The van der Waals surface area contributed by atoms with E-state index in [-0.39, 0.29) is 23.7 Å². The SMILES string of the molecule is CCC(NC1C=CS(=O)(=O)C1)c1ccc(F)cn1. The minimum Gasteiger partial charge on any atom is -0.301 e. The Balaban J connectivity index is 2.07. The summed E-state index contributed by atoms with van der Waals surface area (Å²) < 4.78 is 35.4.